The van der Waals surface area contributed by atoms with Gasteiger partial charge in [0.25, 0.3) is 0 Å². The van der Waals surface area contributed by atoms with Crippen molar-refractivity contribution in [2.75, 3.05) is 6.61 Å². The first kappa shape index (κ1) is 13.3. The number of hydrogen-bond acceptors (Lipinski definition) is 3. The molecule has 0 heterocycles. The molecule has 0 N–H and O–H groups in total. The monoisotopic (exact) mass is 206 g/mol. The van der Waals surface area contributed by atoms with E-state index in [1.165, 1.54) is 44.9 Å². The maximum Gasteiger partial charge on any atom is 0.0834 e. The van der Waals surface area contributed by atoms with Gasteiger partial charge in [-0.05, 0) is 6.42 Å². The molecule has 13 heavy (non-hydrogen) atoms. The van der Waals surface area contributed by atoms with Gasteiger partial charge in [0.2, 0.25) is 0 Å². The Kier molecular flexibility index (Phi) is 12.5. The van der Waals surface area contributed by atoms with E-state index in [2.05, 4.69) is 29.1 Å². The highest BCUT2D eigenvalue weighted by Gasteiger charge is 1.91. The summed E-state index contributed by atoms with van der Waals surface area (Å²) >= 11 is 3.48. The Morgan fingerprint density at radius 1 is 0.846 bits per heavy atom. The second-order valence-electron chi connectivity index (χ2n) is 3.37. The largest absolute Gasteiger partial charge is 0.225 e. The Bertz CT molecular complexity index is 79.0. The molecule has 80 valence electrons. The van der Waals surface area contributed by atoms with E-state index in [0.29, 0.717) is 6.61 Å². The van der Waals surface area contributed by atoms with E-state index in [4.69, 9.17) is 0 Å². The fraction of sp³-hybridized carbons (Fsp3) is 1.00. The number of hydrogen-bond donors (Lipinski definition) is 1. The van der Waals surface area contributed by atoms with Crippen LogP contribution in [-0.4, -0.2) is 6.61 Å². The molecular formula is C10H22O2S. The molecule has 3 heteroatoms. The standard InChI is InChI=1S/C10H22O2S/c1-2-3-4-5-6-7-8-9-10-11-12-13/h13H,2-10H2,1H3. The van der Waals surface area contributed by atoms with Crippen molar-refractivity contribution in [2.45, 2.75) is 58.3 Å². The molecule has 0 rings (SSSR count). The van der Waals surface area contributed by atoms with Gasteiger partial charge >= 0.3 is 0 Å². The van der Waals surface area contributed by atoms with Gasteiger partial charge in [-0.1, -0.05) is 51.9 Å². The van der Waals surface area contributed by atoms with Crippen LogP contribution in [0.4, 0.5) is 0 Å². The topological polar surface area (TPSA) is 18.5 Å². The van der Waals surface area contributed by atoms with Crippen LogP contribution >= 0.6 is 12.9 Å². The van der Waals surface area contributed by atoms with E-state index < -0.39 is 0 Å². The Labute approximate surface area is 87.5 Å². The van der Waals surface area contributed by atoms with Crippen LogP contribution in [0.2, 0.25) is 0 Å². The van der Waals surface area contributed by atoms with Crippen LogP contribution in [0.3, 0.4) is 0 Å². The first-order valence-corrected chi connectivity index (χ1v) is 5.71. The third kappa shape index (κ3) is 12.3. The first-order valence-electron chi connectivity index (χ1n) is 5.35. The molecule has 0 aliphatic rings. The van der Waals surface area contributed by atoms with Crippen molar-refractivity contribution < 1.29 is 9.22 Å². The minimum Gasteiger partial charge on any atom is -0.225 e. The zero-order chi connectivity index (χ0) is 9.78. The predicted molar refractivity (Wildman–Crippen MR) is 58.6 cm³/mol. The summed E-state index contributed by atoms with van der Waals surface area (Å²) in [5, 5.41) is 0. The van der Waals surface area contributed by atoms with Crippen molar-refractivity contribution in [1.82, 2.24) is 0 Å². The van der Waals surface area contributed by atoms with Crippen molar-refractivity contribution in [3.05, 3.63) is 0 Å². The van der Waals surface area contributed by atoms with Gasteiger partial charge in [-0.25, -0.2) is 4.89 Å². The summed E-state index contributed by atoms with van der Waals surface area (Å²) in [5.41, 5.74) is 0. The highest BCUT2D eigenvalue weighted by Crippen LogP contribution is 2.08. The van der Waals surface area contributed by atoms with Crippen molar-refractivity contribution >= 4 is 12.9 Å². The average molecular weight is 206 g/mol. The van der Waals surface area contributed by atoms with Crippen LogP contribution in [0.25, 0.3) is 0 Å². The summed E-state index contributed by atoms with van der Waals surface area (Å²) in [4.78, 5) is 4.64. The highest BCUT2D eigenvalue weighted by molar-refractivity contribution is 7.74. The second-order valence-corrected chi connectivity index (χ2v) is 3.52. The lowest BCUT2D eigenvalue weighted by Gasteiger charge is -2.00. The molecule has 0 aromatic heterocycles. The third-order valence-corrected chi connectivity index (χ3v) is 2.24. The summed E-state index contributed by atoms with van der Waals surface area (Å²) in [5.74, 6) is 0. The molecule has 0 saturated heterocycles. The molecule has 2 nitrogen and oxygen atoms in total. The summed E-state index contributed by atoms with van der Waals surface area (Å²) in [6.07, 6.45) is 10.5. The molecule has 0 saturated carbocycles. The van der Waals surface area contributed by atoms with E-state index in [9.17, 15) is 0 Å². The quantitative estimate of drug-likeness (QED) is 0.192. The van der Waals surface area contributed by atoms with Gasteiger partial charge in [0.1, 0.15) is 0 Å². The molecule has 0 atom stereocenters. The van der Waals surface area contributed by atoms with Gasteiger partial charge in [-0.2, -0.15) is 4.33 Å². The number of unbranched alkanes of at least 4 members (excludes halogenated alkanes) is 7. The minimum atomic E-state index is 0.665. The predicted octanol–water partition coefficient (Wildman–Crippen LogP) is 3.92. The molecule has 0 spiro atoms. The summed E-state index contributed by atoms with van der Waals surface area (Å²) in [6, 6.07) is 0. The normalized spacial score (nSPS) is 10.6. The maximum atomic E-state index is 4.64. The number of rotatable bonds is 10. The molecule has 0 aromatic rings. The Hall–Kier alpha value is 0.270. The molecule has 0 radical (unpaired) electrons. The van der Waals surface area contributed by atoms with E-state index >= 15 is 0 Å². The van der Waals surface area contributed by atoms with Gasteiger partial charge in [-0.3, -0.25) is 0 Å². The molecule has 0 aliphatic carbocycles. The second kappa shape index (κ2) is 12.3. The Morgan fingerprint density at radius 2 is 1.38 bits per heavy atom. The van der Waals surface area contributed by atoms with E-state index in [0.717, 1.165) is 6.42 Å². The van der Waals surface area contributed by atoms with E-state index in [-0.39, 0.29) is 0 Å². The fourth-order valence-electron chi connectivity index (χ4n) is 1.33. The minimum absolute atomic E-state index is 0.665. The van der Waals surface area contributed by atoms with E-state index in [1.54, 1.807) is 0 Å². The fourth-order valence-corrected chi connectivity index (χ4v) is 1.41. The van der Waals surface area contributed by atoms with Crippen molar-refractivity contribution in [2.24, 2.45) is 0 Å². The molecule has 0 bridgehead atoms. The molecule has 0 fully saturated rings. The Balaban J connectivity index is 2.76. The smallest absolute Gasteiger partial charge is 0.0834 e. The van der Waals surface area contributed by atoms with Gasteiger partial charge < -0.3 is 0 Å². The van der Waals surface area contributed by atoms with Gasteiger partial charge in [0, 0.05) is 12.9 Å². The van der Waals surface area contributed by atoms with Crippen LogP contribution in [0.1, 0.15) is 58.3 Å². The lowest BCUT2D eigenvalue weighted by molar-refractivity contribution is -0.188. The summed E-state index contributed by atoms with van der Waals surface area (Å²) < 4.78 is 4.20. The van der Waals surface area contributed by atoms with Crippen molar-refractivity contribution in [3.8, 4) is 0 Å². The van der Waals surface area contributed by atoms with Gasteiger partial charge in [0.05, 0.1) is 6.61 Å². The first-order chi connectivity index (χ1) is 6.41. The molecule has 0 aromatic carbocycles. The zero-order valence-electron chi connectivity index (χ0n) is 8.63. The SMILES string of the molecule is CCCCCCCCCCOOS. The van der Waals surface area contributed by atoms with Gasteiger partial charge in [-0.15, -0.1) is 0 Å². The third-order valence-electron chi connectivity index (χ3n) is 2.13. The van der Waals surface area contributed by atoms with Crippen LogP contribution in [-0.2, 0) is 9.22 Å². The summed E-state index contributed by atoms with van der Waals surface area (Å²) in [6.45, 7) is 2.91. The maximum absolute atomic E-state index is 4.64. The lowest BCUT2D eigenvalue weighted by atomic mass is 10.1. The van der Waals surface area contributed by atoms with Crippen LogP contribution in [0, 0.1) is 0 Å². The lowest BCUT2D eigenvalue weighted by Crippen LogP contribution is -1.90. The molecule has 0 aliphatic heterocycles. The van der Waals surface area contributed by atoms with Crippen LogP contribution in [0.15, 0.2) is 0 Å². The summed E-state index contributed by atoms with van der Waals surface area (Å²) in [7, 11) is 0. The van der Waals surface area contributed by atoms with Crippen LogP contribution < -0.4 is 0 Å². The molecule has 0 amide bonds. The zero-order valence-corrected chi connectivity index (χ0v) is 9.52. The van der Waals surface area contributed by atoms with Gasteiger partial charge in [0.15, 0.2) is 0 Å². The van der Waals surface area contributed by atoms with Crippen molar-refractivity contribution in [1.29, 1.82) is 0 Å². The Morgan fingerprint density at radius 3 is 1.92 bits per heavy atom. The van der Waals surface area contributed by atoms with Crippen LogP contribution in [0.5, 0.6) is 0 Å². The molecular weight excluding hydrogens is 184 g/mol. The highest BCUT2D eigenvalue weighted by atomic mass is 32.1. The number of thiol groups is 1. The van der Waals surface area contributed by atoms with Crippen molar-refractivity contribution in [3.63, 3.8) is 0 Å². The molecule has 0 unspecified atom stereocenters. The van der Waals surface area contributed by atoms with E-state index in [1.807, 2.05) is 0 Å². The average Bonchev–Trinajstić information content (AvgIpc) is 2.16.